The quantitative estimate of drug-likeness (QED) is 0.683. The topological polar surface area (TPSA) is 53.6 Å². The van der Waals surface area contributed by atoms with Gasteiger partial charge < -0.3 is 5.32 Å². The summed E-state index contributed by atoms with van der Waals surface area (Å²) in [5.41, 5.74) is 0. The van der Waals surface area contributed by atoms with Gasteiger partial charge in [0.2, 0.25) is 5.16 Å². The summed E-state index contributed by atoms with van der Waals surface area (Å²) in [7, 11) is 1.95. The first-order valence-electron chi connectivity index (χ1n) is 3.91. The van der Waals surface area contributed by atoms with Crippen molar-refractivity contribution in [2.24, 2.45) is 0 Å². The molecule has 2 N–H and O–H groups in total. The molecule has 1 rings (SSSR count). The third-order valence-electron chi connectivity index (χ3n) is 1.53. The lowest BCUT2D eigenvalue weighted by atomic mass is 10.4. The van der Waals surface area contributed by atoms with E-state index in [1.165, 1.54) is 0 Å². The fourth-order valence-corrected chi connectivity index (χ4v) is 1.55. The monoisotopic (exact) mass is 186 g/mol. The number of thioether (sulfide) groups is 1. The molecular weight excluding hydrogens is 172 g/mol. The Labute approximate surface area is 76.5 Å². The summed E-state index contributed by atoms with van der Waals surface area (Å²) >= 11 is 1.66. The summed E-state index contributed by atoms with van der Waals surface area (Å²) in [5.74, 6) is 1.86. The molecule has 0 radical (unpaired) electrons. The van der Waals surface area contributed by atoms with Crippen LogP contribution in [0.25, 0.3) is 0 Å². The molecule has 0 fully saturated rings. The van der Waals surface area contributed by atoms with E-state index in [-0.39, 0.29) is 0 Å². The van der Waals surface area contributed by atoms with E-state index in [2.05, 4.69) is 27.4 Å². The number of aryl methyl sites for hydroxylation is 1. The van der Waals surface area contributed by atoms with Crippen molar-refractivity contribution in [1.82, 2.24) is 20.5 Å². The van der Waals surface area contributed by atoms with Gasteiger partial charge >= 0.3 is 0 Å². The van der Waals surface area contributed by atoms with Crippen molar-refractivity contribution in [3.63, 3.8) is 0 Å². The van der Waals surface area contributed by atoms with Crippen LogP contribution in [0.2, 0.25) is 0 Å². The average Bonchev–Trinajstić information content (AvgIpc) is 2.47. The van der Waals surface area contributed by atoms with Crippen LogP contribution in [0.5, 0.6) is 0 Å². The van der Waals surface area contributed by atoms with Gasteiger partial charge in [0.1, 0.15) is 5.82 Å². The predicted octanol–water partition coefficient (Wildman–Crippen LogP) is 0.813. The molecule has 1 aromatic rings. The highest BCUT2D eigenvalue weighted by molar-refractivity contribution is 7.99. The molecule has 0 aliphatic carbocycles. The lowest BCUT2D eigenvalue weighted by Gasteiger charge is -2.06. The van der Waals surface area contributed by atoms with Crippen molar-refractivity contribution in [1.29, 1.82) is 0 Å². The Hall–Kier alpha value is -0.550. The van der Waals surface area contributed by atoms with E-state index in [1.54, 1.807) is 11.8 Å². The summed E-state index contributed by atoms with van der Waals surface area (Å²) in [6.45, 7) is 4.03. The number of aromatic nitrogens is 3. The molecular formula is C7H14N4S. The second-order valence-electron chi connectivity index (χ2n) is 2.70. The molecule has 0 amide bonds. The van der Waals surface area contributed by atoms with Crippen LogP contribution < -0.4 is 5.32 Å². The lowest BCUT2D eigenvalue weighted by Crippen LogP contribution is -2.23. The van der Waals surface area contributed by atoms with Crippen LogP contribution in [0, 0.1) is 6.92 Å². The highest BCUT2D eigenvalue weighted by atomic mass is 32.2. The van der Waals surface area contributed by atoms with Crippen LogP contribution in [-0.2, 0) is 0 Å². The number of nitrogens with one attached hydrogen (secondary N) is 2. The molecule has 1 atom stereocenters. The van der Waals surface area contributed by atoms with Crippen molar-refractivity contribution in [2.45, 2.75) is 25.0 Å². The van der Waals surface area contributed by atoms with E-state index < -0.39 is 0 Å². The first kappa shape index (κ1) is 9.54. The Morgan fingerprint density at radius 1 is 1.67 bits per heavy atom. The van der Waals surface area contributed by atoms with E-state index in [4.69, 9.17) is 0 Å². The molecule has 0 saturated carbocycles. The molecule has 1 heterocycles. The number of rotatable bonds is 4. The minimum absolute atomic E-state index is 0.494. The maximum Gasteiger partial charge on any atom is 0.208 e. The molecule has 4 nitrogen and oxygen atoms in total. The molecule has 1 aromatic heterocycles. The van der Waals surface area contributed by atoms with E-state index in [1.807, 2.05) is 14.0 Å². The van der Waals surface area contributed by atoms with Crippen molar-refractivity contribution in [2.75, 3.05) is 12.8 Å². The van der Waals surface area contributed by atoms with Gasteiger partial charge in [-0.3, -0.25) is 5.10 Å². The van der Waals surface area contributed by atoms with Crippen LogP contribution in [0.1, 0.15) is 12.7 Å². The van der Waals surface area contributed by atoms with E-state index >= 15 is 0 Å². The van der Waals surface area contributed by atoms with Gasteiger partial charge in [0.05, 0.1) is 0 Å². The van der Waals surface area contributed by atoms with Crippen molar-refractivity contribution >= 4 is 11.8 Å². The summed E-state index contributed by atoms with van der Waals surface area (Å²) in [6, 6.07) is 0.494. The predicted molar refractivity (Wildman–Crippen MR) is 50.4 cm³/mol. The van der Waals surface area contributed by atoms with Gasteiger partial charge in [-0.25, -0.2) is 4.98 Å². The molecule has 1 unspecified atom stereocenters. The van der Waals surface area contributed by atoms with Crippen LogP contribution in [0.4, 0.5) is 0 Å². The minimum Gasteiger partial charge on any atom is -0.316 e. The highest BCUT2D eigenvalue weighted by Gasteiger charge is 2.03. The molecule has 0 aliphatic rings. The zero-order chi connectivity index (χ0) is 8.97. The molecule has 0 aromatic carbocycles. The maximum atomic E-state index is 4.19. The Balaban J connectivity index is 2.33. The highest BCUT2D eigenvalue weighted by Crippen LogP contribution is 2.12. The van der Waals surface area contributed by atoms with Gasteiger partial charge in [-0.15, -0.1) is 5.10 Å². The standard InChI is InChI=1S/C7H14N4S/c1-5(8-3)4-12-7-9-6(2)10-11-7/h5,8H,4H2,1-3H3,(H,9,10,11). The zero-order valence-electron chi connectivity index (χ0n) is 7.59. The Morgan fingerprint density at radius 2 is 2.42 bits per heavy atom. The average molecular weight is 186 g/mol. The van der Waals surface area contributed by atoms with Crippen LogP contribution in [-0.4, -0.2) is 34.0 Å². The largest absolute Gasteiger partial charge is 0.316 e. The molecule has 12 heavy (non-hydrogen) atoms. The summed E-state index contributed by atoms with van der Waals surface area (Å²) in [5, 5.41) is 10.8. The number of hydrogen-bond donors (Lipinski definition) is 2. The minimum atomic E-state index is 0.494. The number of H-pyrrole nitrogens is 1. The van der Waals surface area contributed by atoms with Crippen LogP contribution in [0.3, 0.4) is 0 Å². The fraction of sp³-hybridized carbons (Fsp3) is 0.714. The smallest absolute Gasteiger partial charge is 0.208 e. The fourth-order valence-electron chi connectivity index (χ4n) is 0.670. The first-order valence-corrected chi connectivity index (χ1v) is 4.90. The Kier molecular flexibility index (Phi) is 3.55. The first-order chi connectivity index (χ1) is 5.72. The van der Waals surface area contributed by atoms with Gasteiger partial charge in [0, 0.05) is 11.8 Å². The van der Waals surface area contributed by atoms with Gasteiger partial charge in [-0.2, -0.15) is 0 Å². The Bertz CT molecular complexity index is 235. The number of nitrogens with zero attached hydrogens (tertiary/aromatic N) is 2. The molecule has 0 aliphatic heterocycles. The third-order valence-corrected chi connectivity index (χ3v) is 2.64. The molecule has 0 saturated heterocycles. The Morgan fingerprint density at radius 3 is 2.92 bits per heavy atom. The summed E-state index contributed by atoms with van der Waals surface area (Å²) in [6.07, 6.45) is 0. The van der Waals surface area contributed by atoms with Crippen molar-refractivity contribution < 1.29 is 0 Å². The number of aromatic amines is 1. The summed E-state index contributed by atoms with van der Waals surface area (Å²) < 4.78 is 0. The van der Waals surface area contributed by atoms with E-state index in [0.717, 1.165) is 16.7 Å². The van der Waals surface area contributed by atoms with Crippen molar-refractivity contribution in [3.8, 4) is 0 Å². The lowest BCUT2D eigenvalue weighted by molar-refractivity contribution is 0.676. The van der Waals surface area contributed by atoms with Gasteiger partial charge in [0.25, 0.3) is 0 Å². The van der Waals surface area contributed by atoms with E-state index in [9.17, 15) is 0 Å². The van der Waals surface area contributed by atoms with Gasteiger partial charge in [-0.05, 0) is 20.9 Å². The molecule has 68 valence electrons. The van der Waals surface area contributed by atoms with Crippen LogP contribution >= 0.6 is 11.8 Å². The van der Waals surface area contributed by atoms with Gasteiger partial charge in [0.15, 0.2) is 0 Å². The molecule has 5 heteroatoms. The van der Waals surface area contributed by atoms with Gasteiger partial charge in [-0.1, -0.05) is 11.8 Å². The SMILES string of the molecule is CNC(C)CSc1n[nH]c(C)n1. The van der Waals surface area contributed by atoms with Crippen LogP contribution in [0.15, 0.2) is 5.16 Å². The zero-order valence-corrected chi connectivity index (χ0v) is 8.40. The normalized spacial score (nSPS) is 13.2. The second-order valence-corrected chi connectivity index (χ2v) is 3.69. The third kappa shape index (κ3) is 2.83. The summed E-state index contributed by atoms with van der Waals surface area (Å²) in [4.78, 5) is 4.19. The molecule has 0 spiro atoms. The van der Waals surface area contributed by atoms with E-state index in [0.29, 0.717) is 6.04 Å². The number of hydrogen-bond acceptors (Lipinski definition) is 4. The van der Waals surface area contributed by atoms with Crippen molar-refractivity contribution in [3.05, 3.63) is 5.82 Å². The second kappa shape index (κ2) is 4.47. The maximum absolute atomic E-state index is 4.19. The molecule has 0 bridgehead atoms.